The number of piperazine rings is 1. The van der Waals surface area contributed by atoms with E-state index in [-0.39, 0.29) is 35.8 Å². The molecule has 0 bridgehead atoms. The van der Waals surface area contributed by atoms with E-state index in [1.807, 2.05) is 12.1 Å². The molecular weight excluding hydrogens is 457 g/mol. The number of aliphatic imine (C=N–C) groups is 1. The Balaban J connectivity index is 0.00000261. The van der Waals surface area contributed by atoms with Gasteiger partial charge in [0.2, 0.25) is 5.91 Å². The van der Waals surface area contributed by atoms with Gasteiger partial charge < -0.3 is 25.2 Å². The lowest BCUT2D eigenvalue weighted by molar-refractivity contribution is -0.122. The summed E-state index contributed by atoms with van der Waals surface area (Å²) in [6.45, 7) is 5.07. The summed E-state index contributed by atoms with van der Waals surface area (Å²) in [5.41, 5.74) is 1.22. The van der Waals surface area contributed by atoms with Crippen LogP contribution in [0, 0.1) is 5.92 Å². The third-order valence-corrected chi connectivity index (χ3v) is 4.88. The van der Waals surface area contributed by atoms with Gasteiger partial charge in [-0.1, -0.05) is 0 Å². The molecule has 0 atom stereocenters. The number of guanidine groups is 1. The second-order valence-corrected chi connectivity index (χ2v) is 6.71. The highest BCUT2D eigenvalue weighted by Crippen LogP contribution is 2.28. The molecule has 8 heteroatoms. The molecule has 1 amide bonds. The van der Waals surface area contributed by atoms with Gasteiger partial charge >= 0.3 is 0 Å². The molecule has 27 heavy (non-hydrogen) atoms. The van der Waals surface area contributed by atoms with Gasteiger partial charge in [-0.3, -0.25) is 9.79 Å². The molecule has 7 nitrogen and oxygen atoms in total. The number of carbonyl (C=O) groups is 1. The lowest BCUT2D eigenvalue weighted by atomic mass is 10.2. The molecule has 2 aliphatic rings. The molecule has 2 N–H and O–H groups in total. The number of methoxy groups -OCH3 is 1. The van der Waals surface area contributed by atoms with Crippen LogP contribution in [-0.4, -0.2) is 70.2 Å². The van der Waals surface area contributed by atoms with Gasteiger partial charge in [-0.2, -0.15) is 0 Å². The number of amides is 1. The van der Waals surface area contributed by atoms with Crippen molar-refractivity contribution in [1.82, 2.24) is 15.5 Å². The molecule has 0 aromatic heterocycles. The summed E-state index contributed by atoms with van der Waals surface area (Å²) >= 11 is 0. The molecule has 2 fully saturated rings. The molecule has 1 aliphatic heterocycles. The van der Waals surface area contributed by atoms with E-state index < -0.39 is 0 Å². The van der Waals surface area contributed by atoms with Gasteiger partial charge in [-0.15, -0.1) is 24.0 Å². The van der Waals surface area contributed by atoms with Crippen LogP contribution < -0.4 is 20.3 Å². The van der Waals surface area contributed by atoms with E-state index in [0.717, 1.165) is 50.7 Å². The van der Waals surface area contributed by atoms with E-state index in [1.54, 1.807) is 14.2 Å². The molecule has 0 unspecified atom stereocenters. The zero-order chi connectivity index (χ0) is 18.4. The largest absolute Gasteiger partial charge is 0.497 e. The highest BCUT2D eigenvalue weighted by Gasteiger charge is 2.29. The van der Waals surface area contributed by atoms with Gasteiger partial charge in [-0.05, 0) is 37.1 Å². The van der Waals surface area contributed by atoms with E-state index in [4.69, 9.17) is 4.74 Å². The van der Waals surface area contributed by atoms with E-state index in [9.17, 15) is 4.79 Å². The summed E-state index contributed by atoms with van der Waals surface area (Å²) in [5, 5.41) is 6.32. The number of ether oxygens (including phenoxy) is 1. The van der Waals surface area contributed by atoms with E-state index in [0.29, 0.717) is 13.1 Å². The van der Waals surface area contributed by atoms with Crippen molar-refractivity contribution in [2.24, 2.45) is 10.9 Å². The Morgan fingerprint density at radius 2 is 1.74 bits per heavy atom. The third kappa shape index (κ3) is 6.15. The third-order valence-electron chi connectivity index (χ3n) is 4.88. The first-order valence-corrected chi connectivity index (χ1v) is 9.33. The second kappa shape index (κ2) is 10.6. The quantitative estimate of drug-likeness (QED) is 0.276. The Hall–Kier alpha value is -1.71. The van der Waals surface area contributed by atoms with Crippen LogP contribution in [0.5, 0.6) is 5.75 Å². The Labute approximate surface area is 178 Å². The average Bonchev–Trinajstić information content (AvgIpc) is 3.54. The number of benzene rings is 1. The smallest absolute Gasteiger partial charge is 0.223 e. The van der Waals surface area contributed by atoms with E-state index >= 15 is 0 Å². The standard InChI is InChI=1S/C19H29N5O2.HI/c1-20-19(22-10-9-21-18(25)15-3-4-15)24-13-11-23(12-14-24)16-5-7-17(26-2)8-6-16;/h5-8,15H,3-4,9-14H2,1-2H3,(H,20,22)(H,21,25);1H. The van der Waals surface area contributed by atoms with Gasteiger partial charge in [0.05, 0.1) is 7.11 Å². The maximum Gasteiger partial charge on any atom is 0.223 e. The fourth-order valence-corrected chi connectivity index (χ4v) is 3.15. The minimum atomic E-state index is 0. The molecule has 1 saturated carbocycles. The zero-order valence-corrected chi connectivity index (χ0v) is 18.4. The Morgan fingerprint density at radius 1 is 1.11 bits per heavy atom. The van der Waals surface area contributed by atoms with E-state index in [2.05, 4.69) is 37.6 Å². The van der Waals surface area contributed by atoms with Gasteiger partial charge in [0.15, 0.2) is 5.96 Å². The van der Waals surface area contributed by atoms with Crippen LogP contribution in [0.1, 0.15) is 12.8 Å². The molecule has 1 aromatic rings. The number of anilines is 1. The van der Waals surface area contributed by atoms with Crippen molar-refractivity contribution in [2.45, 2.75) is 12.8 Å². The van der Waals surface area contributed by atoms with Crippen LogP contribution in [0.3, 0.4) is 0 Å². The summed E-state index contributed by atoms with van der Waals surface area (Å²) in [5.74, 6) is 2.24. The first kappa shape index (κ1) is 21.6. The van der Waals surface area contributed by atoms with Crippen molar-refractivity contribution in [3.8, 4) is 5.75 Å². The molecular formula is C19H30IN5O2. The van der Waals surface area contributed by atoms with Gasteiger partial charge in [-0.25, -0.2) is 0 Å². The van der Waals surface area contributed by atoms with Crippen LogP contribution in [0.15, 0.2) is 29.3 Å². The number of halogens is 1. The SMILES string of the molecule is CN=C(NCCNC(=O)C1CC1)N1CCN(c2ccc(OC)cc2)CC1.I. The van der Waals surface area contributed by atoms with Gasteiger partial charge in [0.25, 0.3) is 0 Å². The topological polar surface area (TPSA) is 69.2 Å². The van der Waals surface area contributed by atoms with Crippen molar-refractivity contribution < 1.29 is 9.53 Å². The zero-order valence-electron chi connectivity index (χ0n) is 16.1. The monoisotopic (exact) mass is 487 g/mol. The first-order valence-electron chi connectivity index (χ1n) is 9.33. The molecule has 1 aromatic carbocycles. The summed E-state index contributed by atoms with van der Waals surface area (Å²) < 4.78 is 5.22. The summed E-state index contributed by atoms with van der Waals surface area (Å²) in [6.07, 6.45) is 2.08. The van der Waals surface area contributed by atoms with Crippen molar-refractivity contribution in [1.29, 1.82) is 0 Å². The lowest BCUT2D eigenvalue weighted by Crippen LogP contribution is -2.53. The molecule has 0 spiro atoms. The number of nitrogens with zero attached hydrogens (tertiary/aromatic N) is 3. The number of carbonyl (C=O) groups excluding carboxylic acids is 1. The van der Waals surface area contributed by atoms with Crippen molar-refractivity contribution in [2.75, 3.05) is 58.3 Å². The maximum atomic E-state index is 11.6. The maximum absolute atomic E-state index is 11.6. The first-order chi connectivity index (χ1) is 12.7. The number of hydrogen-bond acceptors (Lipinski definition) is 4. The minimum absolute atomic E-state index is 0. The Morgan fingerprint density at radius 3 is 2.30 bits per heavy atom. The number of nitrogens with one attached hydrogen (secondary N) is 2. The molecule has 3 rings (SSSR count). The van der Waals surface area contributed by atoms with Crippen molar-refractivity contribution in [3.05, 3.63) is 24.3 Å². The molecule has 1 heterocycles. The summed E-state index contributed by atoms with van der Waals surface area (Å²) in [4.78, 5) is 20.7. The van der Waals surface area contributed by atoms with Crippen molar-refractivity contribution in [3.63, 3.8) is 0 Å². The summed E-state index contributed by atoms with van der Waals surface area (Å²) in [7, 11) is 3.49. The average molecular weight is 487 g/mol. The number of rotatable bonds is 6. The Bertz CT molecular complexity index is 625. The van der Waals surface area contributed by atoms with Crippen LogP contribution in [0.4, 0.5) is 5.69 Å². The second-order valence-electron chi connectivity index (χ2n) is 6.71. The van der Waals surface area contributed by atoms with Crippen LogP contribution in [-0.2, 0) is 4.79 Å². The van der Waals surface area contributed by atoms with Gasteiger partial charge in [0.1, 0.15) is 5.75 Å². The van der Waals surface area contributed by atoms with E-state index in [1.165, 1.54) is 5.69 Å². The minimum Gasteiger partial charge on any atom is -0.497 e. The highest BCUT2D eigenvalue weighted by molar-refractivity contribution is 14.0. The predicted octanol–water partition coefficient (Wildman–Crippen LogP) is 1.54. The number of hydrogen-bond donors (Lipinski definition) is 2. The normalized spacial score (nSPS) is 17.2. The lowest BCUT2D eigenvalue weighted by Gasteiger charge is -2.37. The molecule has 1 aliphatic carbocycles. The molecule has 1 saturated heterocycles. The van der Waals surface area contributed by atoms with Crippen LogP contribution in [0.25, 0.3) is 0 Å². The predicted molar refractivity (Wildman–Crippen MR) is 119 cm³/mol. The fourth-order valence-electron chi connectivity index (χ4n) is 3.15. The van der Waals surface area contributed by atoms with Crippen LogP contribution >= 0.6 is 24.0 Å². The van der Waals surface area contributed by atoms with Gasteiger partial charge in [0, 0.05) is 57.9 Å². The highest BCUT2D eigenvalue weighted by atomic mass is 127. The van der Waals surface area contributed by atoms with Crippen LogP contribution in [0.2, 0.25) is 0 Å². The fraction of sp³-hybridized carbons (Fsp3) is 0.579. The Kier molecular flexibility index (Phi) is 8.46. The van der Waals surface area contributed by atoms with Crippen molar-refractivity contribution >= 4 is 41.5 Å². The molecule has 0 radical (unpaired) electrons. The molecule has 150 valence electrons. The summed E-state index contributed by atoms with van der Waals surface area (Å²) in [6, 6.07) is 8.20.